The summed E-state index contributed by atoms with van der Waals surface area (Å²) in [5.74, 6) is -0.0448. The number of phenols is 1. The van der Waals surface area contributed by atoms with E-state index in [0.717, 1.165) is 0 Å². The minimum absolute atomic E-state index is 0.0448. The molecule has 1 saturated heterocycles. The van der Waals surface area contributed by atoms with Crippen LogP contribution in [0.15, 0.2) is 29.6 Å². The highest BCUT2D eigenvalue weighted by atomic mass is 32.3. The van der Waals surface area contributed by atoms with E-state index >= 15 is 0 Å². The van der Waals surface area contributed by atoms with Gasteiger partial charge in [0.25, 0.3) is 0 Å². The Kier molecular flexibility index (Phi) is 6.88. The number of H-pyrrole nitrogens is 1. The summed E-state index contributed by atoms with van der Waals surface area (Å²) in [6, 6.07) is 4.78. The van der Waals surface area contributed by atoms with Crippen LogP contribution in [0.2, 0.25) is 0 Å². The number of aliphatic hydroxyl groups is 4. The molecule has 0 radical (unpaired) electrons. The van der Waals surface area contributed by atoms with E-state index in [-0.39, 0.29) is 17.2 Å². The lowest BCUT2D eigenvalue weighted by molar-refractivity contribution is -0.205. The summed E-state index contributed by atoms with van der Waals surface area (Å²) in [6.45, 7) is -0.647. The standard InChI is InChI=1S/C16H20N2O10S2/c19-6-10-13(21)14(22)15(23)16(27-10)29-11(18-28-30(24,25)26)4-7-5-17-8-2-1-3-9(20)12(7)8/h1-3,5,10,13-17,19-23H,4,6H2,(H,24,25,26)/b18-11+/t10-,13-,14+,15-,16+/m1/s1. The molecule has 30 heavy (non-hydrogen) atoms. The van der Waals surface area contributed by atoms with E-state index < -0.39 is 46.9 Å². The third-order valence-corrected chi connectivity index (χ3v) is 5.82. The van der Waals surface area contributed by atoms with Gasteiger partial charge in [-0.2, -0.15) is 8.42 Å². The van der Waals surface area contributed by atoms with Crippen LogP contribution < -0.4 is 0 Å². The zero-order chi connectivity index (χ0) is 22.1. The number of aliphatic hydroxyl groups excluding tert-OH is 4. The number of aromatic hydroxyl groups is 1. The smallest absolute Gasteiger partial charge is 0.466 e. The molecule has 7 N–H and O–H groups in total. The lowest BCUT2D eigenvalue weighted by Crippen LogP contribution is -2.57. The molecule has 0 spiro atoms. The molecule has 5 atom stereocenters. The van der Waals surface area contributed by atoms with E-state index in [0.29, 0.717) is 28.2 Å². The summed E-state index contributed by atoms with van der Waals surface area (Å²) in [7, 11) is -4.93. The first-order valence-electron chi connectivity index (χ1n) is 8.58. The van der Waals surface area contributed by atoms with E-state index in [9.17, 15) is 34.0 Å². The number of nitrogens with one attached hydrogen (secondary N) is 1. The summed E-state index contributed by atoms with van der Waals surface area (Å²) in [5.41, 5.74) is -0.182. The third-order valence-electron chi connectivity index (χ3n) is 4.44. The average Bonchev–Trinajstić information content (AvgIpc) is 3.10. The maximum Gasteiger partial charge on any atom is 0.466 e. The summed E-state index contributed by atoms with van der Waals surface area (Å²) >= 11 is 0.651. The third kappa shape index (κ3) is 5.04. The number of hydrogen-bond donors (Lipinski definition) is 7. The number of nitrogens with zero attached hydrogens (tertiary/aromatic N) is 1. The second-order valence-electron chi connectivity index (χ2n) is 6.49. The number of thioether (sulfide) groups is 1. The van der Waals surface area contributed by atoms with Crippen LogP contribution in [0.4, 0.5) is 0 Å². The molecule has 2 heterocycles. The highest BCUT2D eigenvalue weighted by molar-refractivity contribution is 8.14. The maximum absolute atomic E-state index is 10.9. The van der Waals surface area contributed by atoms with Crippen LogP contribution in [0.3, 0.4) is 0 Å². The molecular formula is C16H20N2O10S2. The van der Waals surface area contributed by atoms with Gasteiger partial charge in [0, 0.05) is 23.5 Å². The number of oxime groups is 1. The van der Waals surface area contributed by atoms with Crippen molar-refractivity contribution in [1.82, 2.24) is 4.98 Å². The van der Waals surface area contributed by atoms with E-state index in [1.807, 2.05) is 0 Å². The van der Waals surface area contributed by atoms with Gasteiger partial charge in [0.05, 0.1) is 6.61 Å². The Labute approximate surface area is 174 Å². The normalized spacial score (nSPS) is 28.0. The molecule has 0 bridgehead atoms. The van der Waals surface area contributed by atoms with Gasteiger partial charge in [0.15, 0.2) is 0 Å². The van der Waals surface area contributed by atoms with Crippen molar-refractivity contribution in [3.8, 4) is 5.75 Å². The Balaban J connectivity index is 1.89. The second-order valence-corrected chi connectivity index (χ2v) is 8.67. The number of benzene rings is 1. The summed E-state index contributed by atoms with van der Waals surface area (Å²) < 4.78 is 40.2. The van der Waals surface area contributed by atoms with Crippen molar-refractivity contribution in [2.75, 3.05) is 6.61 Å². The van der Waals surface area contributed by atoms with E-state index in [4.69, 9.17) is 9.29 Å². The summed E-state index contributed by atoms with van der Waals surface area (Å²) in [5, 5.41) is 53.1. The first-order valence-corrected chi connectivity index (χ1v) is 10.8. The number of fused-ring (bicyclic) bond motifs is 1. The average molecular weight is 464 g/mol. The van der Waals surface area contributed by atoms with Crippen LogP contribution in [-0.4, -0.2) is 85.0 Å². The fraction of sp³-hybridized carbons (Fsp3) is 0.438. The summed E-state index contributed by atoms with van der Waals surface area (Å²) in [4.78, 5) is 2.93. The van der Waals surface area contributed by atoms with Crippen LogP contribution in [-0.2, 0) is 25.8 Å². The zero-order valence-corrected chi connectivity index (χ0v) is 16.8. The van der Waals surface area contributed by atoms with Crippen LogP contribution in [0.25, 0.3) is 10.9 Å². The van der Waals surface area contributed by atoms with Crippen molar-refractivity contribution in [2.45, 2.75) is 36.3 Å². The maximum atomic E-state index is 10.9. The van der Waals surface area contributed by atoms with E-state index in [1.54, 1.807) is 18.3 Å². The molecule has 1 aliphatic heterocycles. The van der Waals surface area contributed by atoms with Gasteiger partial charge in [-0.3, -0.25) is 4.55 Å². The number of rotatable bonds is 6. The molecule has 0 unspecified atom stereocenters. The topological polar surface area (TPSA) is 202 Å². The molecule has 1 fully saturated rings. The molecule has 14 heteroatoms. The quantitative estimate of drug-likeness (QED) is 0.121. The molecule has 0 aliphatic carbocycles. The van der Waals surface area contributed by atoms with Gasteiger partial charge in [0.1, 0.15) is 40.6 Å². The Bertz CT molecular complexity index is 1020. The molecular weight excluding hydrogens is 444 g/mol. The van der Waals surface area contributed by atoms with Gasteiger partial charge in [-0.1, -0.05) is 23.0 Å². The first-order chi connectivity index (χ1) is 14.1. The molecule has 166 valence electrons. The van der Waals surface area contributed by atoms with Crippen molar-refractivity contribution in [3.05, 3.63) is 30.0 Å². The minimum atomic E-state index is -4.93. The lowest BCUT2D eigenvalue weighted by atomic mass is 10.0. The molecule has 1 aromatic heterocycles. The Morgan fingerprint density at radius 1 is 1.23 bits per heavy atom. The molecule has 1 aromatic carbocycles. The van der Waals surface area contributed by atoms with Crippen molar-refractivity contribution in [3.63, 3.8) is 0 Å². The predicted octanol–water partition coefficient (Wildman–Crippen LogP) is -0.918. The zero-order valence-electron chi connectivity index (χ0n) is 15.2. The van der Waals surface area contributed by atoms with Gasteiger partial charge in [-0.05, 0) is 17.7 Å². The fourth-order valence-corrected chi connectivity index (χ4v) is 4.34. The second kappa shape index (κ2) is 9.07. The SMILES string of the molecule is O=S(=O)(O)O/N=C(\Cc1c[nH]c2cccc(O)c12)S[C@@H]1O[C@H](CO)[C@@H](O)[C@H](O)[C@H]1O. The number of ether oxygens (including phenoxy) is 1. The van der Waals surface area contributed by atoms with Crippen LogP contribution >= 0.6 is 11.8 Å². The van der Waals surface area contributed by atoms with Gasteiger partial charge < -0.3 is 35.3 Å². The molecule has 0 amide bonds. The number of phenolic OH excluding ortho intramolecular Hbond substituents is 1. The Morgan fingerprint density at radius 2 is 1.97 bits per heavy atom. The minimum Gasteiger partial charge on any atom is -0.507 e. The Hall–Kier alpha value is -1.91. The number of aromatic nitrogens is 1. The van der Waals surface area contributed by atoms with E-state index in [2.05, 4.69) is 14.4 Å². The highest BCUT2D eigenvalue weighted by Gasteiger charge is 2.44. The first kappa shape index (κ1) is 22.8. The molecule has 3 rings (SSSR count). The lowest BCUT2D eigenvalue weighted by Gasteiger charge is -2.39. The van der Waals surface area contributed by atoms with Gasteiger partial charge in [-0.25, -0.2) is 4.28 Å². The Morgan fingerprint density at radius 3 is 2.63 bits per heavy atom. The van der Waals surface area contributed by atoms with Gasteiger partial charge in [-0.15, -0.1) is 0 Å². The van der Waals surface area contributed by atoms with Crippen LogP contribution in [0, 0.1) is 0 Å². The largest absolute Gasteiger partial charge is 0.507 e. The van der Waals surface area contributed by atoms with Crippen molar-refractivity contribution in [2.24, 2.45) is 5.16 Å². The molecule has 0 saturated carbocycles. The van der Waals surface area contributed by atoms with Crippen LogP contribution in [0.5, 0.6) is 5.75 Å². The van der Waals surface area contributed by atoms with Crippen LogP contribution in [0.1, 0.15) is 5.56 Å². The van der Waals surface area contributed by atoms with Crippen molar-refractivity contribution >= 4 is 38.1 Å². The molecule has 12 nitrogen and oxygen atoms in total. The van der Waals surface area contributed by atoms with Crippen molar-refractivity contribution in [1.29, 1.82) is 0 Å². The fourth-order valence-electron chi connectivity index (χ4n) is 3.02. The summed E-state index contributed by atoms with van der Waals surface area (Å²) in [6.07, 6.45) is -4.58. The monoisotopic (exact) mass is 464 g/mol. The molecule has 1 aliphatic rings. The molecule has 2 aromatic rings. The number of aromatic amines is 1. The van der Waals surface area contributed by atoms with E-state index in [1.165, 1.54) is 6.07 Å². The predicted molar refractivity (Wildman–Crippen MR) is 105 cm³/mol. The number of hydrogen-bond acceptors (Lipinski definition) is 11. The highest BCUT2D eigenvalue weighted by Crippen LogP contribution is 2.33. The van der Waals surface area contributed by atoms with Crippen molar-refractivity contribution < 1.29 is 47.5 Å². The van der Waals surface area contributed by atoms with Gasteiger partial charge in [0.2, 0.25) is 0 Å². The van der Waals surface area contributed by atoms with Gasteiger partial charge >= 0.3 is 10.4 Å².